The molecule has 7 heterocycles. The van der Waals surface area contributed by atoms with Crippen molar-refractivity contribution in [2.24, 2.45) is 69.0 Å². The standard InChI is InChI=1S/C44H57N5O9.C31H42BrNO9S.C18H22N4O3.C11H13NO5/c1-8-28-22-44(28,42(53)54)23-36(50)35-19-31(24-48(35)41(52)33(43(4,5)6)20-40(51)58-30-16-26-15-27(26)17-30)57-37-21-39(49-12-11-38(47-49)45-25(2)3)46-34-18-29(9-10-32(34)37)56-14-13-55-7;1-9-19-16-31(19,28(37)40-8)17-25(34)24-14-21(42-43(38,39)22-12-10-20(32)11-13-22)18-33(24)27(36)23(29(2,3)4)15-26(35)41-30(5,6)7;1-12(2)19-17-6-7-22(21-17)18-11-16(23)14-5-4-13(10-15(14)20-18)25-9-8-24-3;13-9-1-2-10(14)12(9)17-11(15)16-8-4-6-3-7(6)5-8/h8-12,18,21,25-28,30-31,33,35H,1,13-17,19-20,22-24H2,2-7H3,(H,45,47)(H,53,54);9-13,19,21,23-24H,1,14-18H2,2-8H3;4-7,10-12H,8-9H2,1-3H3,(H,19,21)(H,20,23);6-8H,1-5H2/t26-,27+,28-,30?,31-,33-,35+,44-;19-,21+,23-,24+,31-;;6-,7+,8?/m11../s1. The van der Waals surface area contributed by atoms with Crippen LogP contribution in [0.4, 0.5) is 16.4 Å². The third kappa shape index (κ3) is 27.4. The molecule has 9 aliphatic rings. The van der Waals surface area contributed by atoms with Gasteiger partial charge in [-0.25, -0.2) is 19.1 Å². The van der Waals surface area contributed by atoms with E-state index in [1.807, 2.05) is 106 Å². The molecule has 7 aromatic rings. The Kier molecular flexibility index (Phi) is 34.2. The second kappa shape index (κ2) is 45.1. The van der Waals surface area contributed by atoms with Crippen molar-refractivity contribution in [3.05, 3.63) is 137 Å². The molecule has 6 saturated carbocycles. The maximum absolute atomic E-state index is 14.8. The molecule has 37 nitrogen and oxygen atoms in total. The lowest BCUT2D eigenvalue weighted by atomic mass is 9.77. The lowest BCUT2D eigenvalue weighted by Crippen LogP contribution is -2.48. The Morgan fingerprint density at radius 1 is 0.587 bits per heavy atom. The van der Waals surface area contributed by atoms with Crippen LogP contribution in [-0.4, -0.2) is 238 Å². The van der Waals surface area contributed by atoms with Crippen molar-refractivity contribution in [2.75, 3.05) is 71.5 Å². The Balaban J connectivity index is 0.000000175. The summed E-state index contributed by atoms with van der Waals surface area (Å²) in [5.74, 6) is -0.528. The fourth-order valence-electron chi connectivity index (χ4n) is 19.6. The van der Waals surface area contributed by atoms with Gasteiger partial charge in [0.1, 0.15) is 71.8 Å². The number of rotatable bonds is 38. The van der Waals surface area contributed by atoms with Crippen LogP contribution in [-0.2, 0) is 95.5 Å². The zero-order valence-corrected chi connectivity index (χ0v) is 86.5. The third-order valence-electron chi connectivity index (χ3n) is 27.5. The number of Topliss-reactive ketones (excluding diaryl/α,β-unsaturated/α-hetero) is 2. The molecule has 9 fully saturated rings. The Morgan fingerprint density at radius 3 is 1.59 bits per heavy atom. The first-order valence-electron chi connectivity index (χ1n) is 48.8. The highest BCUT2D eigenvalue weighted by Gasteiger charge is 2.63. The number of hydrogen-bond acceptors (Lipinski definition) is 30. The summed E-state index contributed by atoms with van der Waals surface area (Å²) in [4.78, 5) is 170. The molecule has 774 valence electrons. The number of fused-ring (bicyclic) bond motifs is 4. The molecular formula is C104H134BrN11O26S. The predicted octanol–water partition coefficient (Wildman–Crippen LogP) is 14.6. The van der Waals surface area contributed by atoms with E-state index in [0.717, 1.165) is 31.5 Å². The third-order valence-corrected chi connectivity index (χ3v) is 29.4. The monoisotopic (exact) mass is 2060 g/mol. The number of hydroxylamine groups is 2. The Morgan fingerprint density at radius 2 is 1.08 bits per heavy atom. The number of nitrogens with one attached hydrogen (secondary N) is 3. The average Bonchev–Trinajstić information content (AvgIpc) is 1.57. The summed E-state index contributed by atoms with van der Waals surface area (Å²) in [6.07, 6.45) is 9.97. The number of carboxylic acids is 1. The normalized spacial score (nSPS) is 24.3. The van der Waals surface area contributed by atoms with Crippen molar-refractivity contribution in [2.45, 2.75) is 252 Å². The minimum absolute atomic E-state index is 0.0510. The molecule has 0 bridgehead atoms. The number of halogens is 1. The summed E-state index contributed by atoms with van der Waals surface area (Å²) in [5.41, 5.74) is -3.25. The van der Waals surface area contributed by atoms with Crippen LogP contribution in [0.1, 0.15) is 193 Å². The first kappa shape index (κ1) is 108. The number of imide groups is 1. The number of carboxylic acid groups (broad SMARTS) is 1. The van der Waals surface area contributed by atoms with Gasteiger partial charge >= 0.3 is 30.0 Å². The zero-order chi connectivity index (χ0) is 104. The summed E-state index contributed by atoms with van der Waals surface area (Å²) < 4.78 is 85.6. The van der Waals surface area contributed by atoms with Crippen molar-refractivity contribution in [1.82, 2.24) is 44.4 Å². The van der Waals surface area contributed by atoms with Crippen LogP contribution in [0, 0.1) is 69.0 Å². The minimum Gasteiger partial charge on any atom is -0.491 e. The predicted molar refractivity (Wildman–Crippen MR) is 529 cm³/mol. The number of amides is 4. The first-order valence-corrected chi connectivity index (χ1v) is 51.0. The highest BCUT2D eigenvalue weighted by molar-refractivity contribution is 9.10. The van der Waals surface area contributed by atoms with Crippen LogP contribution in [0.5, 0.6) is 17.2 Å². The van der Waals surface area contributed by atoms with Crippen molar-refractivity contribution in [1.29, 1.82) is 0 Å². The topological polar surface area (TPSA) is 459 Å². The van der Waals surface area contributed by atoms with E-state index in [1.54, 1.807) is 105 Å². The molecule has 16 rings (SSSR count). The molecule has 4 amide bonds. The van der Waals surface area contributed by atoms with Crippen LogP contribution in [0.3, 0.4) is 0 Å². The van der Waals surface area contributed by atoms with Gasteiger partial charge in [0.2, 0.25) is 11.8 Å². The van der Waals surface area contributed by atoms with E-state index in [9.17, 15) is 71.1 Å². The number of nitrogens with zero attached hydrogens (tertiary/aromatic N) is 8. The van der Waals surface area contributed by atoms with Gasteiger partial charge in [0.15, 0.2) is 22.8 Å². The summed E-state index contributed by atoms with van der Waals surface area (Å²) in [6, 6.07) is 22.2. The van der Waals surface area contributed by atoms with Gasteiger partial charge < -0.3 is 73.2 Å². The fourth-order valence-corrected chi connectivity index (χ4v) is 20.9. The first-order chi connectivity index (χ1) is 67.5. The molecule has 2 unspecified atom stereocenters. The number of carbonyl (C=O) groups is 11. The fraction of sp³-hybridized carbons (Fsp3) is 0.567. The van der Waals surface area contributed by atoms with Gasteiger partial charge in [-0.3, -0.25) is 61.8 Å². The van der Waals surface area contributed by atoms with E-state index in [2.05, 4.69) is 59.7 Å². The minimum atomic E-state index is -4.23. The second-order valence-corrected chi connectivity index (χ2v) is 44.8. The number of likely N-dealkylation sites (tertiary alicyclic amines) is 2. The smallest absolute Gasteiger partial charge is 0.491 e. The van der Waals surface area contributed by atoms with Gasteiger partial charge in [-0.05, 0) is 195 Å². The number of carbonyl (C=O) groups excluding carboxylic acids is 10. The van der Waals surface area contributed by atoms with E-state index in [-0.39, 0.29) is 123 Å². The van der Waals surface area contributed by atoms with Crippen molar-refractivity contribution < 1.29 is 118 Å². The van der Waals surface area contributed by atoms with Gasteiger partial charge in [0, 0.05) is 135 Å². The molecule has 3 aromatic carbocycles. The maximum atomic E-state index is 14.8. The Hall–Kier alpha value is -11.9. The molecule has 3 saturated heterocycles. The molecule has 6 aliphatic carbocycles. The SMILES string of the molecule is C=C[C@@H]1C[C@]1(CC(=O)[C@@H]1C[C@@H](Oc2cc(-n3ccc(NC(C)C)n3)nc3cc(OCCOC)ccc23)CN1C(=O)[C@@H](CC(=O)OC1C[C@@H]2C[C@@H]2C1)C(C)(C)C)C(=O)O.C=C[C@@H]1C[C@]1(CC(=O)[C@@H]1C[C@H](OS(=O)(=O)c2ccc(Br)cc2)CN1C(=O)[C@@H](CC(=O)OC(C)(C)C)C(C)(C)C)C(=O)OC.COCCOc1ccc2c(=O)cc(-n3ccc(NC(C)C)n3)[nH]c2c1.O=C(OC1C[C@@H]2C[C@@H]2C1)ON1C(=O)CCC1=O. The number of aromatic amines is 1. The molecule has 3 aliphatic heterocycles. The molecule has 4 aromatic heterocycles. The number of ketones is 2. The van der Waals surface area contributed by atoms with Gasteiger partial charge in [0.25, 0.3) is 21.9 Å². The van der Waals surface area contributed by atoms with Crippen LogP contribution in [0.15, 0.2) is 137 Å². The van der Waals surface area contributed by atoms with Gasteiger partial charge in [-0.2, -0.15) is 8.42 Å². The lowest BCUT2D eigenvalue weighted by Gasteiger charge is -2.35. The van der Waals surface area contributed by atoms with Crippen LogP contribution in [0.2, 0.25) is 0 Å². The summed E-state index contributed by atoms with van der Waals surface area (Å²) in [7, 11) is 0.249. The van der Waals surface area contributed by atoms with Crippen molar-refractivity contribution >= 4 is 125 Å². The molecule has 39 heteroatoms. The number of pyridine rings is 2. The van der Waals surface area contributed by atoms with Crippen molar-refractivity contribution in [3.63, 3.8) is 0 Å². The number of allylic oxidation sites excluding steroid dienone is 2. The zero-order valence-electron chi connectivity index (χ0n) is 84.1. The Bertz CT molecular complexity index is 6040. The lowest BCUT2D eigenvalue weighted by molar-refractivity contribution is -0.178. The number of H-pyrrole nitrogens is 1. The van der Waals surface area contributed by atoms with E-state index < -0.39 is 127 Å². The van der Waals surface area contributed by atoms with Gasteiger partial charge in [-0.15, -0.1) is 23.4 Å². The molecule has 16 atom stereocenters. The second-order valence-electron chi connectivity index (χ2n) is 42.4. The molecule has 0 spiro atoms. The number of ether oxygens (including phenoxy) is 9. The molecule has 4 N–H and O–H groups in total. The van der Waals surface area contributed by atoms with E-state index in [0.29, 0.717) is 129 Å². The van der Waals surface area contributed by atoms with E-state index >= 15 is 0 Å². The number of hydrogen-bond donors (Lipinski definition) is 4. The number of methoxy groups -OCH3 is 3. The summed E-state index contributed by atoms with van der Waals surface area (Å²) in [6.45, 7) is 33.6. The van der Waals surface area contributed by atoms with E-state index in [1.165, 1.54) is 41.9 Å². The number of anilines is 2. The molecule has 143 heavy (non-hydrogen) atoms. The summed E-state index contributed by atoms with van der Waals surface area (Å²) >= 11 is 3.27. The quantitative estimate of drug-likeness (QED) is 0.00697. The van der Waals surface area contributed by atoms with Crippen molar-refractivity contribution in [3.8, 4) is 28.9 Å². The van der Waals surface area contributed by atoms with E-state index in [4.69, 9.17) is 51.8 Å². The average molecular weight is 2070 g/mol. The van der Waals surface area contributed by atoms with Crippen LogP contribution >= 0.6 is 15.9 Å². The maximum Gasteiger partial charge on any atom is 0.534 e. The largest absolute Gasteiger partial charge is 0.534 e. The van der Waals surface area contributed by atoms with Gasteiger partial charge in [0.05, 0.1) is 96.5 Å². The van der Waals surface area contributed by atoms with Crippen LogP contribution < -0.4 is 30.3 Å². The summed E-state index contributed by atoms with van der Waals surface area (Å²) in [5, 5.41) is 27.6. The highest BCUT2D eigenvalue weighted by atomic mass is 79.9. The number of aliphatic carboxylic acids is 1. The molecule has 0 radical (unpaired) electrons. The Labute approximate surface area is 840 Å². The highest BCUT2D eigenvalue weighted by Crippen LogP contribution is 2.59. The van der Waals surface area contributed by atoms with Gasteiger partial charge in [-0.1, -0.05) is 74.7 Å². The molecular weight excluding hydrogens is 1930 g/mol. The number of aromatic nitrogens is 6. The number of benzene rings is 3. The number of esters is 3. The van der Waals surface area contributed by atoms with Crippen LogP contribution in [0.25, 0.3) is 33.4 Å².